The predicted molar refractivity (Wildman–Crippen MR) is 53.7 cm³/mol. The SMILES string of the molecule is C=C(O)COc1ccc(Cl)c(Cl)c1. The summed E-state index contributed by atoms with van der Waals surface area (Å²) < 4.78 is 5.11. The third kappa shape index (κ3) is 3.17. The molecule has 0 spiro atoms. The lowest BCUT2D eigenvalue weighted by atomic mass is 10.3. The summed E-state index contributed by atoms with van der Waals surface area (Å²) >= 11 is 11.4. The van der Waals surface area contributed by atoms with Crippen molar-refractivity contribution in [3.63, 3.8) is 0 Å². The number of aliphatic hydroxyl groups excluding tert-OH is 1. The van der Waals surface area contributed by atoms with Gasteiger partial charge in [0, 0.05) is 6.07 Å². The van der Waals surface area contributed by atoms with Crippen LogP contribution in [0.3, 0.4) is 0 Å². The van der Waals surface area contributed by atoms with E-state index in [1.807, 2.05) is 0 Å². The van der Waals surface area contributed by atoms with Crippen molar-refractivity contribution in [3.05, 3.63) is 40.6 Å². The zero-order chi connectivity index (χ0) is 9.84. The number of hydrogen-bond donors (Lipinski definition) is 1. The van der Waals surface area contributed by atoms with Gasteiger partial charge in [0.25, 0.3) is 0 Å². The molecule has 0 aromatic heterocycles. The number of hydrogen-bond acceptors (Lipinski definition) is 2. The lowest BCUT2D eigenvalue weighted by Gasteiger charge is -2.05. The molecule has 2 nitrogen and oxygen atoms in total. The van der Waals surface area contributed by atoms with Crippen molar-refractivity contribution in [1.82, 2.24) is 0 Å². The van der Waals surface area contributed by atoms with Gasteiger partial charge in [0.1, 0.15) is 18.1 Å². The van der Waals surface area contributed by atoms with E-state index in [-0.39, 0.29) is 12.4 Å². The molecule has 13 heavy (non-hydrogen) atoms. The summed E-state index contributed by atoms with van der Waals surface area (Å²) in [7, 11) is 0. The standard InChI is InChI=1S/C9H8Cl2O2/c1-6(12)5-13-7-2-3-8(10)9(11)4-7/h2-4,12H,1,5H2. The van der Waals surface area contributed by atoms with Gasteiger partial charge in [0.15, 0.2) is 0 Å². The van der Waals surface area contributed by atoms with Gasteiger partial charge in [-0.2, -0.15) is 0 Å². The minimum Gasteiger partial charge on any atom is -0.509 e. The van der Waals surface area contributed by atoms with E-state index < -0.39 is 0 Å². The second-order valence-electron chi connectivity index (χ2n) is 2.43. The fourth-order valence-corrected chi connectivity index (χ4v) is 1.02. The largest absolute Gasteiger partial charge is 0.509 e. The Hall–Kier alpha value is -0.860. The Bertz CT molecular complexity index is 323. The van der Waals surface area contributed by atoms with Crippen LogP contribution in [0.25, 0.3) is 0 Å². The first-order valence-electron chi connectivity index (χ1n) is 3.54. The first-order valence-corrected chi connectivity index (χ1v) is 4.30. The average molecular weight is 219 g/mol. The summed E-state index contributed by atoms with van der Waals surface area (Å²) in [4.78, 5) is 0. The van der Waals surface area contributed by atoms with Gasteiger partial charge in [-0.1, -0.05) is 29.8 Å². The Kier molecular flexibility index (Phi) is 3.46. The summed E-state index contributed by atoms with van der Waals surface area (Å²) in [5.41, 5.74) is 0. The normalized spacial score (nSPS) is 9.69. The third-order valence-corrected chi connectivity index (χ3v) is 2.04. The van der Waals surface area contributed by atoms with Crippen molar-refractivity contribution in [2.24, 2.45) is 0 Å². The van der Waals surface area contributed by atoms with E-state index >= 15 is 0 Å². The fraction of sp³-hybridized carbons (Fsp3) is 0.111. The maximum absolute atomic E-state index is 8.76. The molecular formula is C9H8Cl2O2. The molecule has 1 N–H and O–H groups in total. The van der Waals surface area contributed by atoms with Gasteiger partial charge in [-0.25, -0.2) is 0 Å². The molecule has 0 atom stereocenters. The third-order valence-electron chi connectivity index (χ3n) is 1.30. The number of ether oxygens (including phenoxy) is 1. The summed E-state index contributed by atoms with van der Waals surface area (Å²) in [5.74, 6) is 0.510. The molecule has 0 saturated carbocycles. The van der Waals surface area contributed by atoms with E-state index in [9.17, 15) is 0 Å². The highest BCUT2D eigenvalue weighted by Crippen LogP contribution is 2.26. The Labute approximate surface area is 86.4 Å². The van der Waals surface area contributed by atoms with Gasteiger partial charge in [-0.15, -0.1) is 0 Å². The first kappa shape index (κ1) is 10.2. The minimum atomic E-state index is -0.0360. The molecule has 4 heteroatoms. The molecule has 0 aliphatic carbocycles. The van der Waals surface area contributed by atoms with Crippen molar-refractivity contribution in [1.29, 1.82) is 0 Å². The molecule has 0 amide bonds. The number of aliphatic hydroxyl groups is 1. The van der Waals surface area contributed by atoms with Crippen LogP contribution in [0.2, 0.25) is 10.0 Å². The van der Waals surface area contributed by atoms with Gasteiger partial charge in [0.2, 0.25) is 0 Å². The molecule has 0 unspecified atom stereocenters. The highest BCUT2D eigenvalue weighted by Gasteiger charge is 2.00. The zero-order valence-corrected chi connectivity index (χ0v) is 8.27. The van der Waals surface area contributed by atoms with Gasteiger partial charge in [-0.3, -0.25) is 0 Å². The topological polar surface area (TPSA) is 29.5 Å². The van der Waals surface area contributed by atoms with Gasteiger partial charge >= 0.3 is 0 Å². The lowest BCUT2D eigenvalue weighted by molar-refractivity contribution is 0.272. The number of halogens is 2. The molecular weight excluding hydrogens is 211 g/mol. The highest BCUT2D eigenvalue weighted by molar-refractivity contribution is 6.42. The molecule has 0 aliphatic rings. The molecule has 70 valence electrons. The van der Waals surface area contributed by atoms with Crippen molar-refractivity contribution in [2.75, 3.05) is 6.61 Å². The molecule has 0 fully saturated rings. The average Bonchev–Trinajstić information content (AvgIpc) is 2.07. The Morgan fingerprint density at radius 3 is 2.62 bits per heavy atom. The number of benzene rings is 1. The predicted octanol–water partition coefficient (Wildman–Crippen LogP) is 3.44. The van der Waals surface area contributed by atoms with E-state index in [4.69, 9.17) is 33.0 Å². The van der Waals surface area contributed by atoms with E-state index in [0.29, 0.717) is 15.8 Å². The Balaban J connectivity index is 2.68. The monoisotopic (exact) mass is 218 g/mol. The second kappa shape index (κ2) is 4.40. The Morgan fingerprint density at radius 2 is 2.08 bits per heavy atom. The van der Waals surface area contributed by atoms with Crippen molar-refractivity contribution < 1.29 is 9.84 Å². The van der Waals surface area contributed by atoms with Crippen LogP contribution < -0.4 is 4.74 Å². The second-order valence-corrected chi connectivity index (χ2v) is 3.25. The maximum Gasteiger partial charge on any atom is 0.144 e. The molecule has 0 aliphatic heterocycles. The van der Waals surface area contributed by atoms with Crippen molar-refractivity contribution in [2.45, 2.75) is 0 Å². The molecule has 0 radical (unpaired) electrons. The smallest absolute Gasteiger partial charge is 0.144 e. The van der Waals surface area contributed by atoms with E-state index in [0.717, 1.165) is 0 Å². The molecule has 1 aromatic carbocycles. The first-order chi connectivity index (χ1) is 6.09. The van der Waals surface area contributed by atoms with Crippen molar-refractivity contribution >= 4 is 23.2 Å². The fourth-order valence-electron chi connectivity index (χ4n) is 0.733. The van der Waals surface area contributed by atoms with Crippen LogP contribution in [0.4, 0.5) is 0 Å². The molecule has 1 aromatic rings. The molecule has 1 rings (SSSR count). The van der Waals surface area contributed by atoms with Gasteiger partial charge in [-0.05, 0) is 12.1 Å². The lowest BCUT2D eigenvalue weighted by Crippen LogP contribution is -1.98. The van der Waals surface area contributed by atoms with Crippen LogP contribution in [-0.2, 0) is 0 Å². The maximum atomic E-state index is 8.76. The van der Waals surface area contributed by atoms with Crippen molar-refractivity contribution in [3.8, 4) is 5.75 Å². The van der Waals surface area contributed by atoms with Gasteiger partial charge in [0.05, 0.1) is 10.0 Å². The van der Waals surface area contributed by atoms with Crippen LogP contribution in [0.5, 0.6) is 5.75 Å². The summed E-state index contributed by atoms with van der Waals surface area (Å²) in [6, 6.07) is 4.86. The molecule has 0 bridgehead atoms. The quantitative estimate of drug-likeness (QED) is 0.789. The summed E-state index contributed by atoms with van der Waals surface area (Å²) in [5, 5.41) is 9.65. The zero-order valence-electron chi connectivity index (χ0n) is 6.76. The van der Waals surface area contributed by atoms with E-state index in [1.165, 1.54) is 0 Å². The Morgan fingerprint density at radius 1 is 1.38 bits per heavy atom. The number of rotatable bonds is 3. The molecule has 0 saturated heterocycles. The van der Waals surface area contributed by atoms with Crippen LogP contribution in [0, 0.1) is 0 Å². The highest BCUT2D eigenvalue weighted by atomic mass is 35.5. The van der Waals surface area contributed by atoms with Crippen LogP contribution >= 0.6 is 23.2 Å². The molecule has 0 heterocycles. The van der Waals surface area contributed by atoms with Crippen LogP contribution in [-0.4, -0.2) is 11.7 Å². The summed E-state index contributed by atoms with van der Waals surface area (Å²) in [6.45, 7) is 3.34. The van der Waals surface area contributed by atoms with Crippen LogP contribution in [0.1, 0.15) is 0 Å². The minimum absolute atomic E-state index is 0.0360. The van der Waals surface area contributed by atoms with E-state index in [2.05, 4.69) is 6.58 Å². The summed E-state index contributed by atoms with van der Waals surface area (Å²) in [6.07, 6.45) is 0. The van der Waals surface area contributed by atoms with E-state index in [1.54, 1.807) is 18.2 Å². The van der Waals surface area contributed by atoms with Gasteiger partial charge < -0.3 is 9.84 Å². The van der Waals surface area contributed by atoms with Crippen LogP contribution in [0.15, 0.2) is 30.5 Å².